The van der Waals surface area contributed by atoms with Gasteiger partial charge in [0, 0.05) is 27.8 Å². The van der Waals surface area contributed by atoms with Gasteiger partial charge in [0.15, 0.2) is 34.9 Å². The monoisotopic (exact) mass is 614 g/mol. The van der Waals surface area contributed by atoms with E-state index in [1.54, 1.807) is 12.1 Å². The fourth-order valence-electron chi connectivity index (χ4n) is 7.21. The van der Waals surface area contributed by atoms with Crippen molar-refractivity contribution in [3.05, 3.63) is 99.6 Å². The summed E-state index contributed by atoms with van der Waals surface area (Å²) < 4.78 is 93.4. The molecule has 1 heterocycles. The molecule has 0 bridgehead atoms. The highest BCUT2D eigenvalue weighted by atomic mass is 19.2. The molecule has 3 unspecified atom stereocenters. The Hall–Kier alpha value is -3.10. The van der Waals surface area contributed by atoms with Crippen LogP contribution in [0.2, 0.25) is 0 Å². The number of epoxide rings is 1. The van der Waals surface area contributed by atoms with Crippen LogP contribution in [0.5, 0.6) is 0 Å². The minimum absolute atomic E-state index is 0.209. The maximum atomic E-state index is 15.0. The van der Waals surface area contributed by atoms with Crippen molar-refractivity contribution in [2.45, 2.75) is 76.9 Å². The van der Waals surface area contributed by atoms with Crippen LogP contribution < -0.4 is 0 Å². The number of rotatable bonds is 8. The number of ether oxygens (including phenoxy) is 1. The summed E-state index contributed by atoms with van der Waals surface area (Å²) in [7, 11) is 0. The molecule has 0 aromatic heterocycles. The van der Waals surface area contributed by atoms with Gasteiger partial charge in [0.05, 0.1) is 12.7 Å². The van der Waals surface area contributed by atoms with Gasteiger partial charge in [0.25, 0.3) is 0 Å². The molecule has 3 atom stereocenters. The minimum atomic E-state index is -1.32. The van der Waals surface area contributed by atoms with Crippen molar-refractivity contribution in [3.8, 4) is 11.1 Å². The normalized spacial score (nSPS) is 24.2. The van der Waals surface area contributed by atoms with Crippen LogP contribution in [0.25, 0.3) is 16.7 Å². The highest BCUT2D eigenvalue weighted by molar-refractivity contribution is 5.68. The zero-order valence-corrected chi connectivity index (χ0v) is 24.6. The van der Waals surface area contributed by atoms with Crippen molar-refractivity contribution >= 4 is 5.57 Å². The van der Waals surface area contributed by atoms with Crippen LogP contribution in [0.15, 0.2) is 42.5 Å². The number of aliphatic hydroxyl groups excluding tert-OH is 1. The standard InChI is InChI=1S/C36H36F6O2/c1-19(43)25-14-16-28(35(41)32(25)38)27-13-12-24(31(37)34(27)40)7-4-20-2-5-21(6-3-20)22-8-10-23(11-9-22)26-15-17-29(30-18-44-30)36(42)33(26)39/h10,12-17,19-22,30,43H,2-9,11,18H2,1H3. The fraction of sp³-hybridized carbons (Fsp3) is 0.444. The largest absolute Gasteiger partial charge is 0.389 e. The van der Waals surface area contributed by atoms with E-state index in [-0.39, 0.29) is 28.4 Å². The molecule has 1 saturated heterocycles. The summed E-state index contributed by atoms with van der Waals surface area (Å²) in [6, 6.07) is 8.35. The maximum absolute atomic E-state index is 15.0. The third kappa shape index (κ3) is 6.08. The highest BCUT2D eigenvalue weighted by Gasteiger charge is 2.32. The van der Waals surface area contributed by atoms with E-state index in [1.807, 2.05) is 0 Å². The van der Waals surface area contributed by atoms with Crippen LogP contribution in [-0.4, -0.2) is 11.7 Å². The average Bonchev–Trinajstić information content (AvgIpc) is 3.87. The summed E-state index contributed by atoms with van der Waals surface area (Å²) >= 11 is 0. The van der Waals surface area contributed by atoms with Crippen LogP contribution in [0.4, 0.5) is 26.3 Å². The van der Waals surface area contributed by atoms with Crippen LogP contribution in [0, 0.1) is 52.7 Å². The predicted octanol–water partition coefficient (Wildman–Crippen LogP) is 9.94. The molecule has 1 N–H and O–H groups in total. The van der Waals surface area contributed by atoms with E-state index in [0.29, 0.717) is 49.2 Å². The maximum Gasteiger partial charge on any atom is 0.167 e. The third-order valence-corrected chi connectivity index (χ3v) is 9.98. The first-order valence-corrected chi connectivity index (χ1v) is 15.6. The van der Waals surface area contributed by atoms with Gasteiger partial charge < -0.3 is 9.84 Å². The molecule has 3 aliphatic rings. The summed E-state index contributed by atoms with van der Waals surface area (Å²) in [6.45, 7) is 1.72. The van der Waals surface area contributed by atoms with Crippen LogP contribution in [-0.2, 0) is 11.2 Å². The molecule has 0 spiro atoms. The van der Waals surface area contributed by atoms with Crippen molar-refractivity contribution in [3.63, 3.8) is 0 Å². The molecule has 2 nitrogen and oxygen atoms in total. The minimum Gasteiger partial charge on any atom is -0.389 e. The molecule has 8 heteroatoms. The number of benzene rings is 3. The molecule has 44 heavy (non-hydrogen) atoms. The SMILES string of the molecule is CC(O)c1ccc(-c2ccc(CCC3CCC(C4CC=C(c5ccc(C6CO6)c(F)c5F)CC4)CC3)c(F)c2F)c(F)c1F. The number of hydrogen-bond donors (Lipinski definition) is 1. The summed E-state index contributed by atoms with van der Waals surface area (Å²) in [5, 5.41) is 9.59. The van der Waals surface area contributed by atoms with Crippen molar-refractivity contribution in [2.75, 3.05) is 6.61 Å². The van der Waals surface area contributed by atoms with Crippen LogP contribution >= 0.6 is 0 Å². The molecule has 1 aliphatic heterocycles. The Bertz CT molecular complexity index is 1570. The van der Waals surface area contributed by atoms with Crippen LogP contribution in [0.1, 0.15) is 92.8 Å². The molecule has 1 saturated carbocycles. The third-order valence-electron chi connectivity index (χ3n) is 9.98. The van der Waals surface area contributed by atoms with E-state index in [1.165, 1.54) is 25.1 Å². The number of aliphatic hydroxyl groups is 1. The highest BCUT2D eigenvalue weighted by Crippen LogP contribution is 2.43. The van der Waals surface area contributed by atoms with E-state index in [4.69, 9.17) is 4.74 Å². The quantitative estimate of drug-likeness (QED) is 0.202. The lowest BCUT2D eigenvalue weighted by atomic mass is 9.70. The second-order valence-corrected chi connectivity index (χ2v) is 12.6. The van der Waals surface area contributed by atoms with Gasteiger partial charge in [-0.3, -0.25) is 0 Å². The fourth-order valence-corrected chi connectivity index (χ4v) is 7.21. The van der Waals surface area contributed by atoms with Crippen molar-refractivity contribution < 1.29 is 36.2 Å². The van der Waals surface area contributed by atoms with E-state index < -0.39 is 46.6 Å². The van der Waals surface area contributed by atoms with Gasteiger partial charge in [0.2, 0.25) is 0 Å². The molecular formula is C36H36F6O2. The van der Waals surface area contributed by atoms with E-state index in [2.05, 4.69) is 6.08 Å². The van der Waals surface area contributed by atoms with Gasteiger partial charge in [0.1, 0.15) is 6.10 Å². The Labute approximate surface area is 253 Å². The molecule has 2 aliphatic carbocycles. The van der Waals surface area contributed by atoms with E-state index in [0.717, 1.165) is 50.2 Å². The second kappa shape index (κ2) is 12.7. The Morgan fingerprint density at radius 1 is 0.727 bits per heavy atom. The molecule has 0 radical (unpaired) electrons. The predicted molar refractivity (Wildman–Crippen MR) is 156 cm³/mol. The summed E-state index contributed by atoms with van der Waals surface area (Å²) in [4.78, 5) is 0. The zero-order chi connectivity index (χ0) is 31.1. The topological polar surface area (TPSA) is 32.8 Å². The average molecular weight is 615 g/mol. The van der Waals surface area contributed by atoms with Crippen molar-refractivity contribution in [1.82, 2.24) is 0 Å². The molecule has 234 valence electrons. The lowest BCUT2D eigenvalue weighted by Crippen LogP contribution is -2.23. The first kappa shape index (κ1) is 30.9. The second-order valence-electron chi connectivity index (χ2n) is 12.6. The van der Waals surface area contributed by atoms with Gasteiger partial charge in [-0.15, -0.1) is 0 Å². The Kier molecular flexibility index (Phi) is 8.93. The van der Waals surface area contributed by atoms with E-state index >= 15 is 8.78 Å². The molecule has 0 amide bonds. The Balaban J connectivity index is 1.02. The number of halogens is 6. The first-order valence-electron chi connectivity index (χ1n) is 15.6. The molecule has 2 fully saturated rings. The molecule has 3 aromatic rings. The van der Waals surface area contributed by atoms with Gasteiger partial charge >= 0.3 is 0 Å². The molecule has 6 rings (SSSR count). The first-order chi connectivity index (χ1) is 21.1. The van der Waals surface area contributed by atoms with Gasteiger partial charge in [-0.25, -0.2) is 26.3 Å². The summed E-state index contributed by atoms with van der Waals surface area (Å²) in [6.07, 6.45) is 8.09. The van der Waals surface area contributed by atoms with Crippen LogP contribution in [0.3, 0.4) is 0 Å². The number of allylic oxidation sites excluding steroid dienone is 2. The Morgan fingerprint density at radius 2 is 1.36 bits per heavy atom. The van der Waals surface area contributed by atoms with Gasteiger partial charge in [-0.2, -0.15) is 0 Å². The van der Waals surface area contributed by atoms with Gasteiger partial charge in [-0.05, 0) is 80.8 Å². The summed E-state index contributed by atoms with van der Waals surface area (Å²) in [5.74, 6) is -5.04. The van der Waals surface area contributed by atoms with E-state index in [9.17, 15) is 22.7 Å². The lowest BCUT2D eigenvalue weighted by Gasteiger charge is -2.35. The number of hydrogen-bond acceptors (Lipinski definition) is 2. The zero-order valence-electron chi connectivity index (χ0n) is 24.6. The molecule has 3 aromatic carbocycles. The summed E-state index contributed by atoms with van der Waals surface area (Å²) in [5.41, 5.74) is 0.701. The lowest BCUT2D eigenvalue weighted by molar-refractivity contribution is 0.189. The Morgan fingerprint density at radius 3 is 2.00 bits per heavy atom. The van der Waals surface area contributed by atoms with Crippen molar-refractivity contribution in [2.24, 2.45) is 17.8 Å². The number of aryl methyl sites for hydroxylation is 1. The van der Waals surface area contributed by atoms with Crippen molar-refractivity contribution in [1.29, 1.82) is 0 Å². The smallest absolute Gasteiger partial charge is 0.167 e. The molecular weight excluding hydrogens is 578 g/mol. The van der Waals surface area contributed by atoms with Gasteiger partial charge in [-0.1, -0.05) is 55.3 Å².